The molecule has 0 atom stereocenters. The van der Waals surface area contributed by atoms with Crippen molar-refractivity contribution < 1.29 is 32.9 Å². The summed E-state index contributed by atoms with van der Waals surface area (Å²) in [7, 11) is 6.30. The summed E-state index contributed by atoms with van der Waals surface area (Å²) in [5.41, 5.74) is 4.20. The van der Waals surface area contributed by atoms with Crippen LogP contribution in [0.25, 0.3) is 43.4 Å². The Morgan fingerprint density at radius 3 is 2.02 bits per heavy atom. The number of thiazole rings is 1. The quantitative estimate of drug-likeness (QED) is 0.129. The number of ether oxygens (including phenoxy) is 6. The highest BCUT2D eigenvalue weighted by Crippen LogP contribution is 2.42. The van der Waals surface area contributed by atoms with Gasteiger partial charge in [-0.25, -0.2) is 4.98 Å². The first-order valence-corrected chi connectivity index (χ1v) is 14.6. The number of methoxy groups -OCH3 is 4. The van der Waals surface area contributed by atoms with Crippen molar-refractivity contribution in [3.8, 4) is 67.6 Å². The van der Waals surface area contributed by atoms with E-state index in [2.05, 4.69) is 11.2 Å². The maximum Gasteiger partial charge on any atom is 0.203 e. The lowest BCUT2D eigenvalue weighted by Gasteiger charge is -2.13. The van der Waals surface area contributed by atoms with Crippen LogP contribution in [0, 0.1) is 0 Å². The van der Waals surface area contributed by atoms with Gasteiger partial charge in [0.25, 0.3) is 0 Å². The van der Waals surface area contributed by atoms with Crippen LogP contribution in [0.5, 0.6) is 34.5 Å². The Bertz CT molecular complexity index is 1820. The van der Waals surface area contributed by atoms with Gasteiger partial charge in [0.2, 0.25) is 5.75 Å². The fourth-order valence-electron chi connectivity index (χ4n) is 4.72. The van der Waals surface area contributed by atoms with Gasteiger partial charge < -0.3 is 32.9 Å². The summed E-state index contributed by atoms with van der Waals surface area (Å²) in [6.07, 6.45) is 0. The molecule has 0 radical (unpaired) electrons. The molecule has 6 aromatic rings. The van der Waals surface area contributed by atoms with Crippen LogP contribution < -0.4 is 28.4 Å². The third kappa shape index (κ3) is 5.97. The zero-order valence-electron chi connectivity index (χ0n) is 24.7. The van der Waals surface area contributed by atoms with Crippen molar-refractivity contribution in [3.63, 3.8) is 0 Å². The molecule has 6 rings (SSSR count). The number of hydrogen-bond acceptors (Lipinski definition) is 10. The van der Waals surface area contributed by atoms with Crippen LogP contribution >= 0.6 is 11.3 Å². The van der Waals surface area contributed by atoms with Crippen LogP contribution in [0.15, 0.2) is 89.5 Å². The van der Waals surface area contributed by atoms with Gasteiger partial charge in [0.1, 0.15) is 29.7 Å². The molecular weight excluding hydrogens is 580 g/mol. The van der Waals surface area contributed by atoms with Crippen LogP contribution in [-0.2, 0) is 0 Å². The summed E-state index contributed by atoms with van der Waals surface area (Å²) in [6, 6.07) is 27.1. The highest BCUT2D eigenvalue weighted by Gasteiger charge is 2.18. The summed E-state index contributed by atoms with van der Waals surface area (Å²) >= 11 is 1.67. The summed E-state index contributed by atoms with van der Waals surface area (Å²) in [4.78, 5) is 4.72. The number of hydrogen-bond donors (Lipinski definition) is 0. The third-order valence-electron chi connectivity index (χ3n) is 6.92. The summed E-state index contributed by atoms with van der Waals surface area (Å²) in [5.74, 6) is 4.02. The van der Waals surface area contributed by atoms with Gasteiger partial charge in [-0.05, 0) is 66.7 Å². The number of para-hydroxylation sites is 1. The molecule has 9 nitrogen and oxygen atoms in total. The van der Waals surface area contributed by atoms with E-state index in [1.165, 1.54) is 4.70 Å². The van der Waals surface area contributed by atoms with Crippen molar-refractivity contribution >= 4 is 21.6 Å². The molecule has 44 heavy (non-hydrogen) atoms. The monoisotopic (exact) mass is 610 g/mol. The smallest absolute Gasteiger partial charge is 0.203 e. The van der Waals surface area contributed by atoms with Crippen molar-refractivity contribution in [2.24, 2.45) is 0 Å². The maximum absolute atomic E-state index is 6.05. The second-order valence-electron chi connectivity index (χ2n) is 9.56. The summed E-state index contributed by atoms with van der Waals surface area (Å²) < 4.78 is 40.7. The molecule has 0 N–H and O–H groups in total. The van der Waals surface area contributed by atoms with Gasteiger partial charge in [0.05, 0.1) is 38.7 Å². The average Bonchev–Trinajstić information content (AvgIpc) is 3.74. The Hall–Kier alpha value is -5.22. The van der Waals surface area contributed by atoms with Crippen LogP contribution in [0.1, 0.15) is 0 Å². The molecule has 4 aromatic carbocycles. The lowest BCUT2D eigenvalue weighted by molar-refractivity contribution is 0.211. The van der Waals surface area contributed by atoms with Crippen molar-refractivity contribution in [1.29, 1.82) is 0 Å². The molecule has 0 aliphatic carbocycles. The molecule has 0 spiro atoms. The van der Waals surface area contributed by atoms with Crippen molar-refractivity contribution in [2.75, 3.05) is 41.7 Å². The van der Waals surface area contributed by atoms with Crippen molar-refractivity contribution in [1.82, 2.24) is 10.1 Å². The molecule has 0 unspecified atom stereocenters. The van der Waals surface area contributed by atoms with E-state index in [1.54, 1.807) is 39.8 Å². The summed E-state index contributed by atoms with van der Waals surface area (Å²) in [6.45, 7) is 0.661. The fourth-order valence-corrected chi connectivity index (χ4v) is 5.69. The minimum absolute atomic E-state index is 0.312. The zero-order valence-corrected chi connectivity index (χ0v) is 25.5. The standard InChI is InChI=1S/C34H30N2O7S/c1-37-27-14-11-22(28-20-26(36-43-28)23-18-30(38-2)33(40-4)31(19-23)39-3)17-29(27)42-16-15-41-24-12-9-21(10-13-24)34-35-25-7-5-6-8-32(25)44-34/h5-14,17-20H,15-16H2,1-4H3. The van der Waals surface area contributed by atoms with E-state index in [-0.39, 0.29) is 0 Å². The lowest BCUT2D eigenvalue weighted by atomic mass is 10.1. The molecule has 0 aliphatic rings. The van der Waals surface area contributed by atoms with Gasteiger partial charge in [-0.2, -0.15) is 0 Å². The zero-order chi connectivity index (χ0) is 30.5. The Labute approximate surface area is 258 Å². The van der Waals surface area contributed by atoms with Crippen LogP contribution in [0.3, 0.4) is 0 Å². The van der Waals surface area contributed by atoms with E-state index in [0.29, 0.717) is 53.4 Å². The predicted molar refractivity (Wildman–Crippen MR) is 170 cm³/mol. The SMILES string of the molecule is COc1ccc(-c2cc(-c3cc(OC)c(OC)c(OC)c3)no2)cc1OCCOc1ccc(-c2nc3ccccc3s2)cc1. The predicted octanol–water partition coefficient (Wildman–Crippen LogP) is 7.78. The van der Waals surface area contributed by atoms with Gasteiger partial charge >= 0.3 is 0 Å². The van der Waals surface area contributed by atoms with Crippen molar-refractivity contribution in [2.45, 2.75) is 0 Å². The van der Waals surface area contributed by atoms with Gasteiger partial charge in [-0.3, -0.25) is 0 Å². The van der Waals surface area contributed by atoms with Gasteiger partial charge in [0.15, 0.2) is 28.8 Å². The van der Waals surface area contributed by atoms with Crippen LogP contribution in [0.2, 0.25) is 0 Å². The van der Waals surface area contributed by atoms with Crippen molar-refractivity contribution in [3.05, 3.63) is 84.9 Å². The first-order chi connectivity index (χ1) is 21.6. The van der Waals surface area contributed by atoms with E-state index < -0.39 is 0 Å². The Morgan fingerprint density at radius 2 is 1.32 bits per heavy atom. The first-order valence-electron chi connectivity index (χ1n) is 13.8. The van der Waals surface area contributed by atoms with E-state index >= 15 is 0 Å². The number of benzene rings is 4. The second kappa shape index (κ2) is 13.0. The van der Waals surface area contributed by atoms with E-state index in [4.69, 9.17) is 37.9 Å². The largest absolute Gasteiger partial charge is 0.493 e. The molecular formula is C34H30N2O7S. The molecule has 0 aliphatic heterocycles. The Balaban J connectivity index is 1.11. The minimum Gasteiger partial charge on any atom is -0.493 e. The topological polar surface area (TPSA) is 94.3 Å². The van der Waals surface area contributed by atoms with E-state index in [0.717, 1.165) is 33.0 Å². The molecule has 0 fully saturated rings. The molecule has 224 valence electrons. The molecule has 2 aromatic heterocycles. The Morgan fingerprint density at radius 1 is 0.636 bits per heavy atom. The third-order valence-corrected chi connectivity index (χ3v) is 8.01. The second-order valence-corrected chi connectivity index (χ2v) is 10.6. The lowest BCUT2D eigenvalue weighted by Crippen LogP contribution is -2.09. The average molecular weight is 611 g/mol. The molecule has 0 bridgehead atoms. The molecule has 0 amide bonds. The number of aromatic nitrogens is 2. The number of rotatable bonds is 12. The highest BCUT2D eigenvalue weighted by molar-refractivity contribution is 7.21. The van der Waals surface area contributed by atoms with Gasteiger partial charge in [0, 0.05) is 22.8 Å². The summed E-state index contributed by atoms with van der Waals surface area (Å²) in [5, 5.41) is 5.25. The fraction of sp³-hybridized carbons (Fsp3) is 0.176. The molecule has 0 saturated carbocycles. The first kappa shape index (κ1) is 28.9. The Kier molecular flexibility index (Phi) is 8.51. The van der Waals surface area contributed by atoms with E-state index in [1.807, 2.05) is 78.9 Å². The van der Waals surface area contributed by atoms with Crippen LogP contribution in [0.4, 0.5) is 0 Å². The minimum atomic E-state index is 0.312. The number of nitrogens with zero attached hydrogens (tertiary/aromatic N) is 2. The molecule has 0 saturated heterocycles. The highest BCUT2D eigenvalue weighted by atomic mass is 32.1. The molecule has 2 heterocycles. The number of fused-ring (bicyclic) bond motifs is 1. The molecule has 10 heteroatoms. The maximum atomic E-state index is 6.05. The van der Waals surface area contributed by atoms with Crippen LogP contribution in [-0.4, -0.2) is 51.8 Å². The van der Waals surface area contributed by atoms with Gasteiger partial charge in [-0.1, -0.05) is 17.3 Å². The normalized spacial score (nSPS) is 10.9. The van der Waals surface area contributed by atoms with Gasteiger partial charge in [-0.15, -0.1) is 11.3 Å². The van der Waals surface area contributed by atoms with E-state index in [9.17, 15) is 0 Å².